The fraction of sp³-hybridized carbons (Fsp3) is 0.265. The lowest BCUT2D eigenvalue weighted by molar-refractivity contribution is -0.0549. The molecule has 0 bridgehead atoms. The minimum Gasteiger partial charge on any atom is -0.438 e. The number of alkyl carbamates (subject to hydrolysis) is 1. The predicted octanol–water partition coefficient (Wildman–Crippen LogP) is 6.36. The maximum atomic E-state index is 12.7. The number of carbonyl (C=O) groups is 2. The number of amides is 2. The lowest BCUT2D eigenvalue weighted by Gasteiger charge is -2.42. The third-order valence-corrected chi connectivity index (χ3v) is 7.67. The van der Waals surface area contributed by atoms with Gasteiger partial charge in [0.05, 0.1) is 17.5 Å². The number of hydrogen-bond donors (Lipinski definition) is 3. The maximum absolute atomic E-state index is 12.7. The lowest BCUT2D eigenvalue weighted by Crippen LogP contribution is -2.47. The second-order valence-corrected chi connectivity index (χ2v) is 12.2. The number of aryl methyl sites for hydroxylation is 1. The smallest absolute Gasteiger partial charge is 0.408 e. The lowest BCUT2D eigenvalue weighted by atomic mass is 9.74. The van der Waals surface area contributed by atoms with Crippen LogP contribution < -0.4 is 16.2 Å². The molecular weight excluding hydrogens is 554 g/mol. The Balaban J connectivity index is 1.34. The molecule has 0 spiro atoms. The number of aromatic nitrogens is 4. The van der Waals surface area contributed by atoms with Crippen LogP contribution in [0, 0.1) is 0 Å². The van der Waals surface area contributed by atoms with Gasteiger partial charge < -0.3 is 14.6 Å². The van der Waals surface area contributed by atoms with Crippen molar-refractivity contribution in [2.75, 3.05) is 5.43 Å². The monoisotopic (exact) mass is 589 g/mol. The molecule has 1 saturated carbocycles. The number of rotatable bonds is 7. The summed E-state index contributed by atoms with van der Waals surface area (Å²) in [5.74, 6) is 0.0948. The summed E-state index contributed by atoms with van der Waals surface area (Å²) in [7, 11) is 1.80. The highest BCUT2D eigenvalue weighted by molar-refractivity contribution is 5.98. The van der Waals surface area contributed by atoms with Gasteiger partial charge in [-0.2, -0.15) is 0 Å². The Bertz CT molecular complexity index is 1820. The van der Waals surface area contributed by atoms with E-state index in [1.807, 2.05) is 87.5 Å². The van der Waals surface area contributed by atoms with Gasteiger partial charge in [0.15, 0.2) is 5.82 Å². The van der Waals surface area contributed by atoms with Gasteiger partial charge in [-0.15, -0.1) is 0 Å². The van der Waals surface area contributed by atoms with E-state index in [4.69, 9.17) is 9.72 Å². The summed E-state index contributed by atoms with van der Waals surface area (Å²) in [5, 5.41) is 3.66. The predicted molar refractivity (Wildman–Crippen MR) is 170 cm³/mol. The average molecular weight is 590 g/mol. The second kappa shape index (κ2) is 11.4. The van der Waals surface area contributed by atoms with Gasteiger partial charge in [0.1, 0.15) is 11.3 Å². The van der Waals surface area contributed by atoms with Crippen LogP contribution in [0.2, 0.25) is 0 Å². The molecule has 0 saturated heterocycles. The SMILES string of the molecule is Cn1cnc(C(=O)NNc2nccc3nc(-c4ccc(C5(OC(=O)NC(C)(C)C)CCC5)cc4)c(-c4ccccc4)cc23)c1. The van der Waals surface area contributed by atoms with E-state index in [0.717, 1.165) is 52.6 Å². The van der Waals surface area contributed by atoms with Crippen LogP contribution in [0.3, 0.4) is 0 Å². The number of fused-ring (bicyclic) bond motifs is 1. The van der Waals surface area contributed by atoms with E-state index < -0.39 is 11.7 Å². The molecule has 0 radical (unpaired) electrons. The highest BCUT2D eigenvalue weighted by atomic mass is 16.6. The number of nitrogens with zero attached hydrogens (tertiary/aromatic N) is 4. The normalized spacial score (nSPS) is 14.0. The summed E-state index contributed by atoms with van der Waals surface area (Å²) < 4.78 is 7.71. The Morgan fingerprint density at radius 2 is 1.70 bits per heavy atom. The minimum absolute atomic E-state index is 0.290. The van der Waals surface area contributed by atoms with Crippen molar-refractivity contribution in [1.82, 2.24) is 30.3 Å². The number of imidazole rings is 1. The molecule has 0 aliphatic heterocycles. The van der Waals surface area contributed by atoms with Crippen molar-refractivity contribution in [2.24, 2.45) is 7.05 Å². The summed E-state index contributed by atoms with van der Waals surface area (Å²) in [6.45, 7) is 5.81. The van der Waals surface area contributed by atoms with Crippen molar-refractivity contribution in [2.45, 2.75) is 51.2 Å². The van der Waals surface area contributed by atoms with Crippen molar-refractivity contribution < 1.29 is 14.3 Å². The summed E-state index contributed by atoms with van der Waals surface area (Å²) >= 11 is 0. The van der Waals surface area contributed by atoms with Gasteiger partial charge in [0.2, 0.25) is 0 Å². The van der Waals surface area contributed by atoms with E-state index in [1.165, 1.54) is 0 Å². The van der Waals surface area contributed by atoms with Crippen LogP contribution in [0.4, 0.5) is 10.6 Å². The standard InChI is InChI=1S/C34H35N7O3/c1-33(2,3)38-32(43)44-34(16-8-17-34)24-13-11-23(12-14-24)29-25(22-9-6-5-7-10-22)19-26-27(37-29)15-18-35-30(26)39-40-31(42)28-20-41(4)21-36-28/h5-7,9-15,18-21H,8,16-17H2,1-4H3,(H,35,39)(H,38,43)(H,40,42). The first-order valence-electron chi connectivity index (χ1n) is 14.6. The number of pyridine rings is 2. The zero-order valence-corrected chi connectivity index (χ0v) is 25.2. The topological polar surface area (TPSA) is 123 Å². The van der Waals surface area contributed by atoms with E-state index in [2.05, 4.69) is 26.1 Å². The molecule has 1 fully saturated rings. The fourth-order valence-corrected chi connectivity index (χ4v) is 5.35. The first kappa shape index (κ1) is 28.9. The number of carbonyl (C=O) groups excluding carboxylic acids is 2. The molecule has 2 amide bonds. The van der Waals surface area contributed by atoms with Gasteiger partial charge in [0.25, 0.3) is 5.91 Å². The van der Waals surface area contributed by atoms with Gasteiger partial charge in [0, 0.05) is 41.5 Å². The van der Waals surface area contributed by atoms with E-state index in [-0.39, 0.29) is 17.1 Å². The van der Waals surface area contributed by atoms with Crippen LogP contribution >= 0.6 is 0 Å². The number of nitrogens with one attached hydrogen (secondary N) is 3. The van der Waals surface area contributed by atoms with Crippen LogP contribution in [0.1, 0.15) is 56.1 Å². The Morgan fingerprint density at radius 1 is 0.955 bits per heavy atom. The summed E-state index contributed by atoms with van der Waals surface area (Å²) in [5.41, 5.74) is 10.2. The van der Waals surface area contributed by atoms with Crippen molar-refractivity contribution in [3.05, 3.63) is 96.7 Å². The molecule has 3 aromatic heterocycles. The van der Waals surface area contributed by atoms with Crippen LogP contribution in [0.25, 0.3) is 33.3 Å². The molecule has 3 heterocycles. The van der Waals surface area contributed by atoms with E-state index in [9.17, 15) is 9.59 Å². The first-order valence-corrected chi connectivity index (χ1v) is 14.6. The Hall–Kier alpha value is -5.25. The molecular formula is C34H35N7O3. The molecule has 44 heavy (non-hydrogen) atoms. The molecule has 10 nitrogen and oxygen atoms in total. The molecule has 5 aromatic rings. The van der Waals surface area contributed by atoms with Gasteiger partial charge >= 0.3 is 6.09 Å². The molecule has 1 aliphatic carbocycles. The van der Waals surface area contributed by atoms with Gasteiger partial charge in [-0.1, -0.05) is 54.6 Å². The molecule has 3 N–H and O–H groups in total. The Kier molecular flexibility index (Phi) is 7.50. The highest BCUT2D eigenvalue weighted by Gasteiger charge is 2.43. The molecule has 10 heteroatoms. The van der Waals surface area contributed by atoms with Gasteiger partial charge in [-0.25, -0.2) is 19.7 Å². The molecule has 0 atom stereocenters. The number of anilines is 1. The van der Waals surface area contributed by atoms with Crippen LogP contribution in [0.15, 0.2) is 85.5 Å². The van der Waals surface area contributed by atoms with Gasteiger partial charge in [-0.3, -0.25) is 15.6 Å². The highest BCUT2D eigenvalue weighted by Crippen LogP contribution is 2.45. The number of hydrogen-bond acceptors (Lipinski definition) is 7. The van der Waals surface area contributed by atoms with Crippen molar-refractivity contribution in [3.63, 3.8) is 0 Å². The summed E-state index contributed by atoms with van der Waals surface area (Å²) in [6.07, 6.45) is 7.03. The third kappa shape index (κ3) is 5.96. The van der Waals surface area contributed by atoms with E-state index in [0.29, 0.717) is 11.3 Å². The Morgan fingerprint density at radius 3 is 2.34 bits per heavy atom. The average Bonchev–Trinajstić information content (AvgIpc) is 3.43. The largest absolute Gasteiger partial charge is 0.438 e. The zero-order chi connectivity index (χ0) is 30.9. The van der Waals surface area contributed by atoms with Crippen molar-refractivity contribution >= 4 is 28.7 Å². The second-order valence-electron chi connectivity index (χ2n) is 12.2. The minimum atomic E-state index is -0.626. The maximum Gasteiger partial charge on any atom is 0.408 e. The van der Waals surface area contributed by atoms with Gasteiger partial charge in [-0.05, 0) is 63.3 Å². The third-order valence-electron chi connectivity index (χ3n) is 7.67. The number of hydrazine groups is 1. The van der Waals surface area contributed by atoms with E-state index in [1.54, 1.807) is 30.3 Å². The van der Waals surface area contributed by atoms with E-state index >= 15 is 0 Å². The molecule has 224 valence electrons. The quantitative estimate of drug-likeness (QED) is 0.189. The fourth-order valence-electron chi connectivity index (χ4n) is 5.35. The van der Waals surface area contributed by atoms with Crippen molar-refractivity contribution in [3.8, 4) is 22.4 Å². The molecule has 2 aromatic carbocycles. The first-order chi connectivity index (χ1) is 21.1. The molecule has 6 rings (SSSR count). The summed E-state index contributed by atoms with van der Waals surface area (Å²) in [6, 6.07) is 22.1. The van der Waals surface area contributed by atoms with Crippen LogP contribution in [0.5, 0.6) is 0 Å². The van der Waals surface area contributed by atoms with Crippen LogP contribution in [-0.4, -0.2) is 37.1 Å². The number of benzene rings is 2. The summed E-state index contributed by atoms with van der Waals surface area (Å²) in [4.78, 5) is 38.9. The molecule has 0 unspecified atom stereocenters. The Labute approximate surface area is 255 Å². The van der Waals surface area contributed by atoms with Crippen molar-refractivity contribution in [1.29, 1.82) is 0 Å². The van der Waals surface area contributed by atoms with Crippen LogP contribution in [-0.2, 0) is 17.4 Å². The number of ether oxygens (including phenoxy) is 1. The zero-order valence-electron chi connectivity index (χ0n) is 25.2. The molecule has 1 aliphatic rings.